The molecule has 0 aliphatic carbocycles. The number of unbranched alkanes of at least 4 members (excludes halogenated alkanes) is 4. The molecule has 4 nitrogen and oxygen atoms in total. The predicted octanol–water partition coefficient (Wildman–Crippen LogP) is 6.32. The molecule has 0 saturated heterocycles. The molecule has 1 unspecified atom stereocenters. The van der Waals surface area contributed by atoms with Crippen LogP contribution < -0.4 is 10.1 Å². The molecule has 5 heteroatoms. The first-order valence-electron chi connectivity index (χ1n) is 9.86. The average molecular weight is 391 g/mol. The van der Waals surface area contributed by atoms with Gasteiger partial charge in [0, 0.05) is 17.6 Å². The Balaban J connectivity index is 2.18. The van der Waals surface area contributed by atoms with Gasteiger partial charge in [-0.25, -0.2) is 0 Å². The van der Waals surface area contributed by atoms with Crippen LogP contribution in [0.2, 0.25) is 5.02 Å². The number of rotatable bonds is 11. The summed E-state index contributed by atoms with van der Waals surface area (Å²) >= 11 is 6.21. The first-order chi connectivity index (χ1) is 13.1. The molecular formula is C22H31ClN2O2. The Morgan fingerprint density at radius 3 is 2.56 bits per heavy atom. The van der Waals surface area contributed by atoms with Gasteiger partial charge >= 0.3 is 0 Å². The summed E-state index contributed by atoms with van der Waals surface area (Å²) in [5.41, 5.74) is 1.08. The molecule has 0 bridgehead atoms. The van der Waals surface area contributed by atoms with Gasteiger partial charge in [0.1, 0.15) is 5.75 Å². The molecule has 1 amide bonds. The fourth-order valence-electron chi connectivity index (χ4n) is 3.55. The molecule has 2 N–H and O–H groups in total. The van der Waals surface area contributed by atoms with Crippen LogP contribution in [0.3, 0.4) is 0 Å². The fraction of sp³-hybridized carbons (Fsp3) is 0.500. The summed E-state index contributed by atoms with van der Waals surface area (Å²) in [4.78, 5) is 16.6. The third-order valence-corrected chi connectivity index (χ3v) is 5.56. The Morgan fingerprint density at radius 2 is 1.96 bits per heavy atom. The van der Waals surface area contributed by atoms with Crippen molar-refractivity contribution in [3.05, 3.63) is 47.2 Å². The molecule has 0 fully saturated rings. The minimum Gasteiger partial charge on any atom is -0.495 e. The first kappa shape index (κ1) is 21.4. The van der Waals surface area contributed by atoms with E-state index >= 15 is 0 Å². The summed E-state index contributed by atoms with van der Waals surface area (Å²) < 4.78 is 5.19. The highest BCUT2D eigenvalue weighted by atomic mass is 35.5. The third-order valence-electron chi connectivity index (χ3n) is 5.27. The number of amides is 1. The third kappa shape index (κ3) is 5.29. The number of methoxy groups -OCH3 is 1. The zero-order chi connectivity index (χ0) is 19.7. The van der Waals surface area contributed by atoms with Crippen molar-refractivity contribution in [2.24, 2.45) is 0 Å². The van der Waals surface area contributed by atoms with Crippen LogP contribution in [0.25, 0.3) is 0 Å². The number of H-pyrrole nitrogens is 1. The molecule has 2 aromatic rings. The largest absolute Gasteiger partial charge is 0.495 e. The fourth-order valence-corrected chi connectivity index (χ4v) is 3.81. The molecular weight excluding hydrogens is 360 g/mol. The summed E-state index contributed by atoms with van der Waals surface area (Å²) in [5, 5.41) is 3.55. The molecule has 2 rings (SSSR count). The van der Waals surface area contributed by atoms with Crippen molar-refractivity contribution in [2.75, 3.05) is 12.4 Å². The number of benzene rings is 1. The minimum atomic E-state index is -0.567. The van der Waals surface area contributed by atoms with Crippen molar-refractivity contribution in [3.63, 3.8) is 0 Å². The number of carbonyl (C=O) groups is 1. The second kappa shape index (κ2) is 10.4. The minimum absolute atomic E-state index is 0.00387. The Morgan fingerprint density at radius 1 is 1.19 bits per heavy atom. The molecule has 1 aromatic heterocycles. The Kier molecular flexibility index (Phi) is 8.23. The van der Waals surface area contributed by atoms with E-state index in [1.54, 1.807) is 19.2 Å². The Bertz CT molecular complexity index is 715. The van der Waals surface area contributed by atoms with Crippen LogP contribution in [0, 0.1) is 0 Å². The van der Waals surface area contributed by atoms with Crippen molar-refractivity contribution < 1.29 is 9.53 Å². The van der Waals surface area contributed by atoms with Crippen molar-refractivity contribution in [1.29, 1.82) is 0 Å². The van der Waals surface area contributed by atoms with Gasteiger partial charge in [-0.15, -0.1) is 0 Å². The van der Waals surface area contributed by atoms with E-state index in [1.165, 1.54) is 19.3 Å². The van der Waals surface area contributed by atoms with Gasteiger partial charge in [0.2, 0.25) is 5.91 Å². The van der Waals surface area contributed by atoms with Crippen LogP contribution in [0.4, 0.5) is 5.69 Å². The van der Waals surface area contributed by atoms with E-state index in [4.69, 9.17) is 16.3 Å². The van der Waals surface area contributed by atoms with Crippen molar-refractivity contribution in [3.8, 4) is 5.75 Å². The topological polar surface area (TPSA) is 54.1 Å². The van der Waals surface area contributed by atoms with Crippen LogP contribution >= 0.6 is 11.6 Å². The van der Waals surface area contributed by atoms with Gasteiger partial charge in [0.05, 0.1) is 17.5 Å². The number of halogens is 1. The van der Waals surface area contributed by atoms with Gasteiger partial charge in [0.15, 0.2) is 0 Å². The van der Waals surface area contributed by atoms with E-state index in [0.29, 0.717) is 16.5 Å². The lowest BCUT2D eigenvalue weighted by atomic mass is 9.76. The smallest absolute Gasteiger partial charge is 0.236 e. The van der Waals surface area contributed by atoms with Gasteiger partial charge < -0.3 is 15.0 Å². The lowest BCUT2D eigenvalue weighted by Gasteiger charge is -2.31. The summed E-state index contributed by atoms with van der Waals surface area (Å²) in [6, 6.07) is 9.28. The second-order valence-electron chi connectivity index (χ2n) is 6.99. The molecule has 0 aliphatic heterocycles. The average Bonchev–Trinajstić information content (AvgIpc) is 3.20. The second-order valence-corrected chi connectivity index (χ2v) is 7.39. The summed E-state index contributed by atoms with van der Waals surface area (Å²) in [5.74, 6) is 0.598. The van der Waals surface area contributed by atoms with Crippen molar-refractivity contribution in [1.82, 2.24) is 4.98 Å². The van der Waals surface area contributed by atoms with Crippen LogP contribution in [0.1, 0.15) is 64.5 Å². The zero-order valence-electron chi connectivity index (χ0n) is 16.6. The standard InChI is InChI=1S/C22H31ClN2O2/c1-4-6-7-8-9-14-22(5-2,20-11-10-15-24-20)21(26)25-17-12-13-19(27-3)18(23)16-17/h10-13,15-16,24H,4-9,14H2,1-3H3,(H,25,26). The van der Waals surface area contributed by atoms with Crippen molar-refractivity contribution >= 4 is 23.2 Å². The van der Waals surface area contributed by atoms with E-state index in [2.05, 4.69) is 24.1 Å². The van der Waals surface area contributed by atoms with E-state index < -0.39 is 5.41 Å². The lowest BCUT2D eigenvalue weighted by molar-refractivity contribution is -0.122. The first-order valence-corrected chi connectivity index (χ1v) is 10.2. The van der Waals surface area contributed by atoms with Crippen LogP contribution in [0.5, 0.6) is 5.75 Å². The van der Waals surface area contributed by atoms with E-state index in [9.17, 15) is 4.79 Å². The predicted molar refractivity (Wildman–Crippen MR) is 113 cm³/mol. The van der Waals surface area contributed by atoms with E-state index in [-0.39, 0.29) is 5.91 Å². The number of nitrogens with one attached hydrogen (secondary N) is 2. The molecule has 148 valence electrons. The number of hydrogen-bond acceptors (Lipinski definition) is 2. The van der Waals surface area contributed by atoms with Crippen molar-refractivity contribution in [2.45, 2.75) is 64.2 Å². The van der Waals surface area contributed by atoms with Gasteiger partial charge in [-0.05, 0) is 43.2 Å². The molecule has 27 heavy (non-hydrogen) atoms. The number of hydrogen-bond donors (Lipinski definition) is 2. The number of aromatic nitrogens is 1. The number of anilines is 1. The molecule has 1 aromatic carbocycles. The maximum Gasteiger partial charge on any atom is 0.236 e. The molecule has 1 atom stereocenters. The lowest BCUT2D eigenvalue weighted by Crippen LogP contribution is -2.40. The summed E-state index contributed by atoms with van der Waals surface area (Å²) in [6.07, 6.45) is 9.31. The monoisotopic (exact) mass is 390 g/mol. The molecule has 0 saturated carbocycles. The highest BCUT2D eigenvalue weighted by Gasteiger charge is 2.39. The summed E-state index contributed by atoms with van der Waals surface area (Å²) in [7, 11) is 1.57. The number of aromatic amines is 1. The van der Waals surface area contributed by atoms with Gasteiger partial charge in [0.25, 0.3) is 0 Å². The molecule has 1 heterocycles. The quantitative estimate of drug-likeness (QED) is 0.441. The Labute approximate surface area is 167 Å². The highest BCUT2D eigenvalue weighted by molar-refractivity contribution is 6.32. The Hall–Kier alpha value is -1.94. The van der Waals surface area contributed by atoms with Crippen LogP contribution in [-0.2, 0) is 10.2 Å². The van der Waals surface area contributed by atoms with Gasteiger partial charge in [-0.2, -0.15) is 0 Å². The molecule has 0 aliphatic rings. The van der Waals surface area contributed by atoms with Crippen LogP contribution in [-0.4, -0.2) is 18.0 Å². The van der Waals surface area contributed by atoms with Gasteiger partial charge in [-0.3, -0.25) is 4.79 Å². The maximum atomic E-state index is 13.3. The normalized spacial score (nSPS) is 13.2. The van der Waals surface area contributed by atoms with E-state index in [1.807, 2.05) is 24.4 Å². The maximum absolute atomic E-state index is 13.3. The van der Waals surface area contributed by atoms with E-state index in [0.717, 1.165) is 31.4 Å². The number of ether oxygens (including phenoxy) is 1. The zero-order valence-corrected chi connectivity index (χ0v) is 17.4. The number of carbonyl (C=O) groups excluding carboxylic acids is 1. The molecule has 0 radical (unpaired) electrons. The SMILES string of the molecule is CCCCCCCC(CC)(C(=O)Nc1ccc(OC)c(Cl)c1)c1ccc[nH]1. The molecule has 0 spiro atoms. The van der Waals surface area contributed by atoms with Gasteiger partial charge in [-0.1, -0.05) is 57.6 Å². The summed E-state index contributed by atoms with van der Waals surface area (Å²) in [6.45, 7) is 4.29. The highest BCUT2D eigenvalue weighted by Crippen LogP contribution is 2.35. The van der Waals surface area contributed by atoms with Crippen LogP contribution in [0.15, 0.2) is 36.5 Å².